The highest BCUT2D eigenvalue weighted by Crippen LogP contribution is 2.31. The summed E-state index contributed by atoms with van der Waals surface area (Å²) in [5.74, 6) is 0.0704. The molecule has 2 aromatic heterocycles. The Kier molecular flexibility index (Phi) is 7.30. The van der Waals surface area contributed by atoms with Crippen molar-refractivity contribution in [2.75, 3.05) is 7.11 Å². The van der Waals surface area contributed by atoms with Crippen molar-refractivity contribution in [3.8, 4) is 22.9 Å². The Morgan fingerprint density at radius 2 is 1.20 bits per heavy atom. The molecule has 208 valence electrons. The van der Waals surface area contributed by atoms with Gasteiger partial charge in [-0.25, -0.2) is 19.3 Å². The molecule has 0 fully saturated rings. The molecular weight excluding hydrogens is 520 g/mol. The molecule has 10 nitrogen and oxygen atoms in total. The topological polar surface area (TPSA) is 108 Å². The van der Waals surface area contributed by atoms with Gasteiger partial charge in [-0.1, -0.05) is 36.4 Å². The summed E-state index contributed by atoms with van der Waals surface area (Å²) in [5.41, 5.74) is 3.69. The molecule has 0 unspecified atom stereocenters. The predicted octanol–water partition coefficient (Wildman–Crippen LogP) is 4.50. The number of hydrogen-bond acceptors (Lipinski definition) is 6. The third kappa shape index (κ3) is 4.91. The smallest absolute Gasteiger partial charge is 0.297 e. The minimum Gasteiger partial charge on any atom is -0.504 e. The molecule has 3 aromatic carbocycles. The second kappa shape index (κ2) is 11.0. The van der Waals surface area contributed by atoms with Gasteiger partial charge in [0.15, 0.2) is 22.9 Å². The second-order valence-electron chi connectivity index (χ2n) is 9.50. The summed E-state index contributed by atoms with van der Waals surface area (Å²) in [5, 5.41) is 10.8. The Hall–Kier alpha value is -5.38. The Morgan fingerprint density at radius 3 is 1.66 bits per heavy atom. The molecule has 0 aliphatic rings. The monoisotopic (exact) mass is 550 g/mol. The molecule has 0 bridgehead atoms. The molecule has 0 spiro atoms. The van der Waals surface area contributed by atoms with Crippen LogP contribution in [0.4, 0.5) is 11.4 Å². The zero-order chi connectivity index (χ0) is 29.3. The van der Waals surface area contributed by atoms with Crippen molar-refractivity contribution in [3.63, 3.8) is 0 Å². The van der Waals surface area contributed by atoms with E-state index >= 15 is 0 Å². The first kappa shape index (κ1) is 27.2. The molecule has 0 amide bonds. The normalized spacial score (nSPS) is 11.6. The van der Waals surface area contributed by atoms with Crippen LogP contribution in [0.2, 0.25) is 0 Å². The number of nitrogens with zero attached hydrogens (tertiary/aromatic N) is 6. The van der Waals surface area contributed by atoms with Gasteiger partial charge in [-0.05, 0) is 55.8 Å². The lowest BCUT2D eigenvalue weighted by Crippen LogP contribution is -2.19. The summed E-state index contributed by atoms with van der Waals surface area (Å²) in [7, 11) is 5.03. The average molecular weight is 551 g/mol. The fraction of sp³-hybridized carbons (Fsp3) is 0.161. The lowest BCUT2D eigenvalue weighted by atomic mass is 10.1. The van der Waals surface area contributed by atoms with Crippen LogP contribution >= 0.6 is 0 Å². The summed E-state index contributed by atoms with van der Waals surface area (Å²) in [4.78, 5) is 35.5. The number of aliphatic imine (C=N–C) groups is 2. The number of phenolic OH excluding ortho intramolecular Hbond substituents is 1. The zero-order valence-corrected chi connectivity index (χ0v) is 23.4. The zero-order valence-electron chi connectivity index (χ0n) is 23.4. The van der Waals surface area contributed by atoms with Gasteiger partial charge >= 0.3 is 0 Å². The molecule has 0 aliphatic carbocycles. The van der Waals surface area contributed by atoms with Gasteiger partial charge < -0.3 is 9.84 Å². The predicted molar refractivity (Wildman–Crippen MR) is 161 cm³/mol. The van der Waals surface area contributed by atoms with E-state index in [0.717, 1.165) is 11.4 Å². The van der Waals surface area contributed by atoms with Gasteiger partial charge in [0.2, 0.25) is 0 Å². The van der Waals surface area contributed by atoms with Crippen LogP contribution in [0.25, 0.3) is 11.4 Å². The highest BCUT2D eigenvalue weighted by atomic mass is 16.5. The Labute approximate surface area is 236 Å². The van der Waals surface area contributed by atoms with Crippen molar-refractivity contribution in [3.05, 3.63) is 116 Å². The summed E-state index contributed by atoms with van der Waals surface area (Å²) in [6.45, 7) is 3.63. The fourth-order valence-corrected chi connectivity index (χ4v) is 4.66. The molecule has 0 saturated carbocycles. The van der Waals surface area contributed by atoms with Gasteiger partial charge in [0, 0.05) is 32.1 Å². The largest absolute Gasteiger partial charge is 0.504 e. The lowest BCUT2D eigenvalue weighted by Gasteiger charge is -2.07. The van der Waals surface area contributed by atoms with Gasteiger partial charge in [-0.2, -0.15) is 0 Å². The van der Waals surface area contributed by atoms with E-state index in [4.69, 9.17) is 4.74 Å². The number of aromatic hydroxyl groups is 1. The van der Waals surface area contributed by atoms with Crippen LogP contribution in [0.1, 0.15) is 22.5 Å². The molecule has 5 aromatic rings. The number of hydrogen-bond donors (Lipinski definition) is 1. The Morgan fingerprint density at radius 1 is 0.732 bits per heavy atom. The number of aromatic nitrogens is 4. The van der Waals surface area contributed by atoms with Gasteiger partial charge in [0.25, 0.3) is 11.1 Å². The maximum Gasteiger partial charge on any atom is 0.297 e. The summed E-state index contributed by atoms with van der Waals surface area (Å²) >= 11 is 0. The summed E-state index contributed by atoms with van der Waals surface area (Å²) < 4.78 is 12.0. The van der Waals surface area contributed by atoms with E-state index in [0.29, 0.717) is 28.2 Å². The number of benzene rings is 3. The minimum atomic E-state index is -0.286. The van der Waals surface area contributed by atoms with Crippen LogP contribution in [0.5, 0.6) is 11.5 Å². The highest BCUT2D eigenvalue weighted by molar-refractivity contribution is 5.92. The molecule has 0 atom stereocenters. The maximum atomic E-state index is 13.2. The van der Waals surface area contributed by atoms with Crippen LogP contribution < -0.4 is 15.9 Å². The number of ether oxygens (including phenoxy) is 1. The number of phenols is 1. The van der Waals surface area contributed by atoms with Crippen LogP contribution in [-0.4, -0.2) is 43.4 Å². The second-order valence-corrected chi connectivity index (χ2v) is 9.50. The molecule has 0 saturated heterocycles. The van der Waals surface area contributed by atoms with E-state index in [-0.39, 0.29) is 28.3 Å². The third-order valence-corrected chi connectivity index (χ3v) is 7.07. The molecule has 0 aliphatic heterocycles. The van der Waals surface area contributed by atoms with E-state index in [1.807, 2.05) is 67.6 Å². The number of para-hydroxylation sites is 2. The van der Waals surface area contributed by atoms with Gasteiger partial charge in [0.1, 0.15) is 0 Å². The number of methoxy groups -OCH3 is 1. The molecule has 1 N–H and O–H groups in total. The highest BCUT2D eigenvalue weighted by Gasteiger charge is 2.17. The average Bonchev–Trinajstić information content (AvgIpc) is 3.33. The third-order valence-electron chi connectivity index (χ3n) is 7.07. The van der Waals surface area contributed by atoms with Crippen molar-refractivity contribution in [1.82, 2.24) is 18.7 Å². The van der Waals surface area contributed by atoms with Crippen LogP contribution in [0.3, 0.4) is 0 Å². The fourth-order valence-electron chi connectivity index (χ4n) is 4.66. The lowest BCUT2D eigenvalue weighted by molar-refractivity contribution is 0.373. The first-order valence-corrected chi connectivity index (χ1v) is 12.9. The van der Waals surface area contributed by atoms with Crippen LogP contribution in [0.15, 0.2) is 92.4 Å². The van der Waals surface area contributed by atoms with Crippen molar-refractivity contribution >= 4 is 23.8 Å². The van der Waals surface area contributed by atoms with Crippen molar-refractivity contribution in [2.24, 2.45) is 24.1 Å². The van der Waals surface area contributed by atoms with Crippen molar-refractivity contribution in [1.29, 1.82) is 0 Å². The first-order valence-electron chi connectivity index (χ1n) is 12.9. The van der Waals surface area contributed by atoms with Gasteiger partial charge in [-0.15, -0.1) is 0 Å². The molecule has 5 rings (SSSR count). The SMILES string of the molecule is COc1cc(C=Nc2c(C)n(C)n(-c3ccccc3)c2=O)cc(C=Nc2c(C)n(C)n(-c3ccccc3)c2=O)c1O. The van der Waals surface area contributed by atoms with E-state index in [9.17, 15) is 14.7 Å². The first-order chi connectivity index (χ1) is 19.7. The summed E-state index contributed by atoms with van der Waals surface area (Å²) in [6.07, 6.45) is 2.96. The van der Waals surface area contributed by atoms with E-state index in [1.165, 1.54) is 24.2 Å². The molecule has 41 heavy (non-hydrogen) atoms. The molecular formula is C31H30N6O4. The van der Waals surface area contributed by atoms with E-state index in [2.05, 4.69) is 9.98 Å². The maximum absolute atomic E-state index is 13.2. The molecule has 0 radical (unpaired) electrons. The molecule has 2 heterocycles. The standard InChI is InChI=1S/C31H30N6O4/c1-20-27(30(39)36(34(20)3)24-12-8-6-9-13-24)32-18-22-16-23(29(38)26(17-22)41-5)19-33-28-21(2)35(4)37(31(28)40)25-14-10-7-11-15-25/h6-19,38H,1-5H3. The van der Waals surface area contributed by atoms with Crippen molar-refractivity contribution in [2.45, 2.75) is 13.8 Å². The quantitative estimate of drug-likeness (QED) is 0.301. The Balaban J connectivity index is 1.53. The van der Waals surface area contributed by atoms with Crippen LogP contribution in [0, 0.1) is 13.8 Å². The minimum absolute atomic E-state index is 0.132. The Bertz CT molecular complexity index is 1910. The van der Waals surface area contributed by atoms with Crippen LogP contribution in [-0.2, 0) is 14.1 Å². The number of rotatable bonds is 7. The van der Waals surface area contributed by atoms with E-state index < -0.39 is 0 Å². The van der Waals surface area contributed by atoms with Crippen molar-refractivity contribution < 1.29 is 9.84 Å². The summed E-state index contributed by atoms with van der Waals surface area (Å²) in [6, 6.07) is 21.9. The van der Waals surface area contributed by atoms with Gasteiger partial charge in [-0.3, -0.25) is 19.0 Å². The van der Waals surface area contributed by atoms with Gasteiger partial charge in [0.05, 0.1) is 29.9 Å². The van der Waals surface area contributed by atoms with E-state index in [1.54, 1.807) is 47.2 Å². The molecule has 10 heteroatoms.